The number of sulfonamides is 1. The number of fused-ring (bicyclic) bond motifs is 2. The van der Waals surface area contributed by atoms with Crippen LogP contribution >= 0.6 is 0 Å². The summed E-state index contributed by atoms with van der Waals surface area (Å²) in [5.74, 6) is -0.0337. The van der Waals surface area contributed by atoms with Crippen molar-refractivity contribution in [1.82, 2.24) is 4.31 Å². The first kappa shape index (κ1) is 20.1. The maximum Gasteiger partial charge on any atom is 0.243 e. The van der Waals surface area contributed by atoms with Gasteiger partial charge in [0.25, 0.3) is 0 Å². The Morgan fingerprint density at radius 3 is 2.45 bits per heavy atom. The van der Waals surface area contributed by atoms with Crippen LogP contribution in [0.4, 0.5) is 5.69 Å². The summed E-state index contributed by atoms with van der Waals surface area (Å²) in [5.41, 5.74) is 3.75. The smallest absolute Gasteiger partial charge is 0.243 e. The Morgan fingerprint density at radius 2 is 1.76 bits per heavy atom. The van der Waals surface area contributed by atoms with E-state index in [1.807, 2.05) is 32.0 Å². The van der Waals surface area contributed by atoms with Crippen LogP contribution in [0.15, 0.2) is 47.4 Å². The van der Waals surface area contributed by atoms with Crippen LogP contribution in [-0.4, -0.2) is 31.7 Å². The van der Waals surface area contributed by atoms with E-state index in [0.717, 1.165) is 23.2 Å². The Balaban J connectivity index is 1.69. The van der Waals surface area contributed by atoms with Crippen LogP contribution in [0.5, 0.6) is 0 Å². The van der Waals surface area contributed by atoms with Gasteiger partial charge >= 0.3 is 0 Å². The summed E-state index contributed by atoms with van der Waals surface area (Å²) in [4.78, 5) is 14.7. The second-order valence-electron chi connectivity index (χ2n) is 9.00. The van der Waals surface area contributed by atoms with Gasteiger partial charge in [-0.2, -0.15) is 4.31 Å². The monoisotopic (exact) mass is 412 g/mol. The van der Waals surface area contributed by atoms with Crippen LogP contribution in [0.25, 0.3) is 0 Å². The molecule has 0 spiro atoms. The van der Waals surface area contributed by atoms with E-state index in [1.165, 1.54) is 5.56 Å². The molecule has 0 radical (unpaired) electrons. The van der Waals surface area contributed by atoms with Crippen LogP contribution in [-0.2, 0) is 33.2 Å². The molecule has 0 unspecified atom stereocenters. The predicted octanol–water partition coefficient (Wildman–Crippen LogP) is 3.71. The van der Waals surface area contributed by atoms with E-state index in [0.29, 0.717) is 24.5 Å². The zero-order valence-corrected chi connectivity index (χ0v) is 18.3. The lowest BCUT2D eigenvalue weighted by Gasteiger charge is -2.28. The zero-order chi connectivity index (χ0) is 21.0. The highest BCUT2D eigenvalue weighted by Crippen LogP contribution is 2.42. The molecule has 0 saturated carbocycles. The minimum Gasteiger partial charge on any atom is -0.311 e. The number of rotatable bonds is 3. The number of amides is 1. The molecule has 0 aliphatic carbocycles. The van der Waals surface area contributed by atoms with Gasteiger partial charge in [0.05, 0.1) is 4.90 Å². The number of hydrogen-bond acceptors (Lipinski definition) is 3. The molecule has 0 bridgehead atoms. The molecule has 0 atom stereocenters. The average molecular weight is 413 g/mol. The molecule has 0 fully saturated rings. The molecule has 1 amide bonds. The number of benzene rings is 2. The van der Waals surface area contributed by atoms with E-state index in [4.69, 9.17) is 0 Å². The topological polar surface area (TPSA) is 57.7 Å². The van der Waals surface area contributed by atoms with Crippen LogP contribution in [0, 0.1) is 5.92 Å². The second-order valence-corrected chi connectivity index (χ2v) is 10.9. The lowest BCUT2D eigenvalue weighted by molar-refractivity contribution is -0.121. The van der Waals surface area contributed by atoms with Crippen LogP contribution < -0.4 is 4.90 Å². The summed E-state index contributed by atoms with van der Waals surface area (Å²) in [6.07, 6.45) is 0.725. The normalized spacial score (nSPS) is 18.6. The summed E-state index contributed by atoms with van der Waals surface area (Å²) in [5, 5.41) is 0. The molecule has 2 aliphatic heterocycles. The third kappa shape index (κ3) is 3.38. The molecule has 2 heterocycles. The fourth-order valence-electron chi connectivity index (χ4n) is 4.35. The number of carbonyl (C=O) groups is 1. The van der Waals surface area contributed by atoms with E-state index in [9.17, 15) is 13.2 Å². The Bertz CT molecular complexity index is 1070. The SMILES string of the molecule is CC(C)C(=O)N1CC(C)(C)c2cc(S(=O)(=O)N3CCc4ccccc4C3)ccc21. The fourth-order valence-corrected chi connectivity index (χ4v) is 5.80. The molecular weight excluding hydrogens is 384 g/mol. The minimum absolute atomic E-state index is 0.0695. The summed E-state index contributed by atoms with van der Waals surface area (Å²) < 4.78 is 28.3. The molecule has 0 N–H and O–H groups in total. The Hall–Kier alpha value is -2.18. The number of nitrogens with zero attached hydrogens (tertiary/aromatic N) is 2. The van der Waals surface area contributed by atoms with E-state index in [-0.39, 0.29) is 17.2 Å². The third-order valence-corrected chi connectivity index (χ3v) is 7.88. The summed E-state index contributed by atoms with van der Waals surface area (Å²) in [6, 6.07) is 13.2. The molecule has 5 nitrogen and oxygen atoms in total. The quantitative estimate of drug-likeness (QED) is 0.772. The van der Waals surface area contributed by atoms with Gasteiger partial charge in [-0.1, -0.05) is 52.0 Å². The van der Waals surface area contributed by atoms with Crippen LogP contribution in [0.3, 0.4) is 0 Å². The van der Waals surface area contributed by atoms with Gasteiger partial charge in [-0.25, -0.2) is 8.42 Å². The Kier molecular flexibility index (Phi) is 4.82. The maximum absolute atomic E-state index is 13.4. The standard InChI is InChI=1S/C23H28N2O3S/c1-16(2)22(26)25-15-23(3,4)20-13-19(9-10-21(20)25)29(27,28)24-12-11-17-7-5-6-8-18(17)14-24/h5-10,13,16H,11-12,14-15H2,1-4H3. The first-order valence-corrected chi connectivity index (χ1v) is 11.6. The zero-order valence-electron chi connectivity index (χ0n) is 17.5. The molecule has 2 aliphatic rings. The van der Waals surface area contributed by atoms with Crippen molar-refractivity contribution in [1.29, 1.82) is 0 Å². The first-order chi connectivity index (χ1) is 13.6. The number of anilines is 1. The van der Waals surface area contributed by atoms with Crippen molar-refractivity contribution in [3.8, 4) is 0 Å². The Labute approximate surface area is 173 Å². The Morgan fingerprint density at radius 1 is 1.07 bits per heavy atom. The molecule has 2 aromatic carbocycles. The summed E-state index contributed by atoms with van der Waals surface area (Å²) in [6.45, 7) is 9.36. The highest BCUT2D eigenvalue weighted by molar-refractivity contribution is 7.89. The average Bonchev–Trinajstić information content (AvgIpc) is 2.97. The van der Waals surface area contributed by atoms with Gasteiger partial charge in [0, 0.05) is 36.7 Å². The summed E-state index contributed by atoms with van der Waals surface area (Å²) in [7, 11) is -3.60. The minimum atomic E-state index is -3.60. The molecule has 4 rings (SSSR count). The third-order valence-electron chi connectivity index (χ3n) is 6.03. The van der Waals surface area contributed by atoms with E-state index >= 15 is 0 Å². The van der Waals surface area contributed by atoms with E-state index < -0.39 is 10.0 Å². The molecular formula is C23H28N2O3S. The highest BCUT2D eigenvalue weighted by Gasteiger charge is 2.40. The van der Waals surface area contributed by atoms with Gasteiger partial charge < -0.3 is 4.90 Å². The van der Waals surface area contributed by atoms with Gasteiger partial charge in [0.1, 0.15) is 0 Å². The lowest BCUT2D eigenvalue weighted by Crippen LogP contribution is -2.36. The van der Waals surface area contributed by atoms with Crippen molar-refractivity contribution in [2.75, 3.05) is 18.0 Å². The van der Waals surface area contributed by atoms with Gasteiger partial charge in [0.15, 0.2) is 0 Å². The lowest BCUT2D eigenvalue weighted by atomic mass is 9.87. The van der Waals surface area contributed by atoms with Crippen molar-refractivity contribution >= 4 is 21.6 Å². The van der Waals surface area contributed by atoms with Gasteiger partial charge in [-0.3, -0.25) is 4.79 Å². The molecule has 29 heavy (non-hydrogen) atoms. The summed E-state index contributed by atoms with van der Waals surface area (Å²) >= 11 is 0. The van der Waals surface area contributed by atoms with Crippen molar-refractivity contribution in [3.63, 3.8) is 0 Å². The molecule has 6 heteroatoms. The fraction of sp³-hybridized carbons (Fsp3) is 0.435. The van der Waals surface area contributed by atoms with Crippen molar-refractivity contribution in [3.05, 3.63) is 59.2 Å². The van der Waals surface area contributed by atoms with Gasteiger partial charge in [-0.15, -0.1) is 0 Å². The van der Waals surface area contributed by atoms with E-state index in [1.54, 1.807) is 27.4 Å². The highest BCUT2D eigenvalue weighted by atomic mass is 32.2. The maximum atomic E-state index is 13.4. The largest absolute Gasteiger partial charge is 0.311 e. The van der Waals surface area contributed by atoms with Crippen LogP contribution in [0.2, 0.25) is 0 Å². The van der Waals surface area contributed by atoms with Gasteiger partial charge in [-0.05, 0) is 41.3 Å². The number of hydrogen-bond donors (Lipinski definition) is 0. The predicted molar refractivity (Wildman–Crippen MR) is 114 cm³/mol. The first-order valence-electron chi connectivity index (χ1n) is 10.1. The van der Waals surface area contributed by atoms with Gasteiger partial charge in [0.2, 0.25) is 15.9 Å². The van der Waals surface area contributed by atoms with Crippen molar-refractivity contribution < 1.29 is 13.2 Å². The van der Waals surface area contributed by atoms with E-state index in [2.05, 4.69) is 19.9 Å². The van der Waals surface area contributed by atoms with Crippen molar-refractivity contribution in [2.45, 2.75) is 51.0 Å². The van der Waals surface area contributed by atoms with Crippen molar-refractivity contribution in [2.24, 2.45) is 5.92 Å². The molecule has 0 aromatic heterocycles. The molecule has 2 aromatic rings. The molecule has 0 saturated heterocycles. The van der Waals surface area contributed by atoms with Crippen LogP contribution in [0.1, 0.15) is 44.4 Å². The number of carbonyl (C=O) groups excluding carboxylic acids is 1. The second kappa shape index (κ2) is 6.96. The molecule has 154 valence electrons.